The molecule has 5 aromatic rings. The van der Waals surface area contributed by atoms with Crippen molar-refractivity contribution in [1.29, 1.82) is 0 Å². The first-order chi connectivity index (χ1) is 20.5. The topological polar surface area (TPSA) is 78.5 Å². The summed E-state index contributed by atoms with van der Waals surface area (Å²) >= 11 is 1.29. The molecule has 0 radical (unpaired) electrons. The predicted octanol–water partition coefficient (Wildman–Crippen LogP) is 5.32. The first-order valence-corrected chi connectivity index (χ1v) is 14.5. The highest BCUT2D eigenvalue weighted by molar-refractivity contribution is 7.07. The predicted molar refractivity (Wildman–Crippen MR) is 166 cm³/mol. The molecule has 1 atom stereocenters. The number of thiazole rings is 1. The van der Waals surface area contributed by atoms with Crippen molar-refractivity contribution in [3.05, 3.63) is 145 Å². The van der Waals surface area contributed by atoms with Gasteiger partial charge in [-0.05, 0) is 37.6 Å². The van der Waals surface area contributed by atoms with Crippen molar-refractivity contribution in [2.24, 2.45) is 4.99 Å². The molecule has 0 bridgehead atoms. The minimum Gasteiger partial charge on any atom is -0.463 e. The lowest BCUT2D eigenvalue weighted by Gasteiger charge is -2.21. The summed E-state index contributed by atoms with van der Waals surface area (Å²) in [6, 6.07) is 28.8. The zero-order valence-corrected chi connectivity index (χ0v) is 24.0. The van der Waals surface area contributed by atoms with Gasteiger partial charge in [-0.15, -0.1) is 0 Å². The highest BCUT2D eigenvalue weighted by Crippen LogP contribution is 2.27. The lowest BCUT2D eigenvalue weighted by Crippen LogP contribution is -2.38. The van der Waals surface area contributed by atoms with Crippen molar-refractivity contribution in [3.63, 3.8) is 0 Å². The number of carbonyl (C=O) groups is 1. The van der Waals surface area contributed by atoms with E-state index < -0.39 is 12.0 Å². The molecule has 0 fully saturated rings. The van der Waals surface area contributed by atoms with Gasteiger partial charge in [0.15, 0.2) is 4.80 Å². The van der Waals surface area contributed by atoms with Crippen molar-refractivity contribution in [2.75, 3.05) is 6.61 Å². The van der Waals surface area contributed by atoms with Gasteiger partial charge in [0.05, 0.1) is 39.8 Å². The monoisotopic (exact) mass is 572 g/mol. The summed E-state index contributed by atoms with van der Waals surface area (Å²) < 4.78 is 9.28. The van der Waals surface area contributed by atoms with Gasteiger partial charge in [0.2, 0.25) is 0 Å². The Morgan fingerprint density at radius 3 is 2.33 bits per heavy atom. The molecule has 0 spiro atoms. The van der Waals surface area contributed by atoms with Crippen LogP contribution in [-0.4, -0.2) is 26.9 Å². The van der Waals surface area contributed by atoms with Gasteiger partial charge in [0.25, 0.3) is 5.56 Å². The van der Waals surface area contributed by atoms with Gasteiger partial charge in [-0.3, -0.25) is 9.36 Å². The van der Waals surface area contributed by atoms with Gasteiger partial charge in [-0.2, -0.15) is 5.10 Å². The van der Waals surface area contributed by atoms with E-state index in [-0.39, 0.29) is 12.2 Å². The SMILES string of the molecule is CCOC(=O)C1=C(C)N=c2s/c(=C\c3cn(-c4ccccc4)nc3-c3ccccc3)c(=O)n2C1/C=C/c1ccccc1. The van der Waals surface area contributed by atoms with Crippen LogP contribution in [0.2, 0.25) is 0 Å². The molecule has 3 aromatic carbocycles. The molecule has 2 aromatic heterocycles. The van der Waals surface area contributed by atoms with E-state index >= 15 is 0 Å². The largest absolute Gasteiger partial charge is 0.463 e. The fourth-order valence-corrected chi connectivity index (χ4v) is 6.00. The summed E-state index contributed by atoms with van der Waals surface area (Å²) in [5.41, 5.74) is 5.02. The molecule has 7 nitrogen and oxygen atoms in total. The molecule has 0 amide bonds. The third-order valence-electron chi connectivity index (χ3n) is 6.93. The molecule has 208 valence electrons. The lowest BCUT2D eigenvalue weighted by atomic mass is 10.0. The first kappa shape index (κ1) is 27.1. The first-order valence-electron chi connectivity index (χ1n) is 13.7. The van der Waals surface area contributed by atoms with Crippen molar-refractivity contribution >= 4 is 29.5 Å². The van der Waals surface area contributed by atoms with Crippen LogP contribution in [0.15, 0.2) is 124 Å². The van der Waals surface area contributed by atoms with E-state index in [2.05, 4.69) is 4.99 Å². The van der Waals surface area contributed by atoms with E-state index in [1.807, 2.05) is 120 Å². The van der Waals surface area contributed by atoms with E-state index in [9.17, 15) is 9.59 Å². The molecule has 0 saturated heterocycles. The molecule has 8 heteroatoms. The van der Waals surface area contributed by atoms with Crippen LogP contribution in [0, 0.1) is 0 Å². The van der Waals surface area contributed by atoms with Crippen LogP contribution in [0.4, 0.5) is 0 Å². The Morgan fingerprint density at radius 2 is 1.64 bits per heavy atom. The van der Waals surface area contributed by atoms with Crippen LogP contribution in [0.1, 0.15) is 31.0 Å². The normalized spacial score (nSPS) is 15.1. The number of esters is 1. The van der Waals surface area contributed by atoms with E-state index in [0.29, 0.717) is 20.6 Å². The zero-order valence-electron chi connectivity index (χ0n) is 23.2. The van der Waals surface area contributed by atoms with Gasteiger partial charge in [0, 0.05) is 17.3 Å². The summed E-state index contributed by atoms with van der Waals surface area (Å²) in [6.45, 7) is 3.77. The molecule has 0 N–H and O–H groups in total. The summed E-state index contributed by atoms with van der Waals surface area (Å²) in [5.74, 6) is -0.480. The summed E-state index contributed by atoms with van der Waals surface area (Å²) in [5, 5.41) is 4.88. The second kappa shape index (κ2) is 11.8. The fourth-order valence-electron chi connectivity index (χ4n) is 4.95. The molecule has 6 rings (SSSR count). The molecular weight excluding hydrogens is 544 g/mol. The van der Waals surface area contributed by atoms with Crippen LogP contribution < -0.4 is 14.9 Å². The van der Waals surface area contributed by atoms with Gasteiger partial charge in [-0.1, -0.05) is 102 Å². The van der Waals surface area contributed by atoms with E-state index in [1.54, 1.807) is 18.4 Å². The number of benzene rings is 3. The number of aromatic nitrogens is 3. The van der Waals surface area contributed by atoms with Crippen molar-refractivity contribution in [3.8, 4) is 16.9 Å². The molecule has 0 saturated carbocycles. The third-order valence-corrected chi connectivity index (χ3v) is 7.91. The Labute approximate surface area is 246 Å². The molecule has 0 aliphatic carbocycles. The number of para-hydroxylation sites is 1. The van der Waals surface area contributed by atoms with Crippen molar-refractivity contribution < 1.29 is 9.53 Å². The average Bonchev–Trinajstić information content (AvgIpc) is 3.58. The molecule has 3 heterocycles. The number of carbonyl (C=O) groups excluding carboxylic acids is 1. The third kappa shape index (κ3) is 5.32. The molecule has 1 aliphatic heterocycles. The van der Waals surface area contributed by atoms with Gasteiger partial charge >= 0.3 is 5.97 Å². The number of nitrogens with zero attached hydrogens (tertiary/aromatic N) is 4. The van der Waals surface area contributed by atoms with Gasteiger partial charge in [0.1, 0.15) is 0 Å². The fraction of sp³-hybridized carbons (Fsp3) is 0.118. The molecular formula is C34H28N4O3S. The van der Waals surface area contributed by atoms with Gasteiger partial charge < -0.3 is 4.74 Å². The van der Waals surface area contributed by atoms with E-state index in [1.165, 1.54) is 11.3 Å². The van der Waals surface area contributed by atoms with Gasteiger partial charge in [-0.25, -0.2) is 14.5 Å². The molecule has 42 heavy (non-hydrogen) atoms. The highest BCUT2D eigenvalue weighted by Gasteiger charge is 2.30. The van der Waals surface area contributed by atoms with Crippen LogP contribution in [-0.2, 0) is 9.53 Å². The van der Waals surface area contributed by atoms with Crippen molar-refractivity contribution in [2.45, 2.75) is 19.9 Å². The number of fused-ring (bicyclic) bond motifs is 1. The Kier molecular flexibility index (Phi) is 7.62. The molecule has 1 aliphatic rings. The van der Waals surface area contributed by atoms with Crippen LogP contribution >= 0.6 is 11.3 Å². The average molecular weight is 573 g/mol. The number of allylic oxidation sites excluding steroid dienone is 2. The minimum atomic E-state index is -0.664. The number of hydrogen-bond acceptors (Lipinski definition) is 6. The Balaban J connectivity index is 1.52. The van der Waals surface area contributed by atoms with Crippen LogP contribution in [0.5, 0.6) is 0 Å². The quantitative estimate of drug-likeness (QED) is 0.248. The Morgan fingerprint density at radius 1 is 0.976 bits per heavy atom. The summed E-state index contributed by atoms with van der Waals surface area (Å²) in [6.07, 6.45) is 7.57. The minimum absolute atomic E-state index is 0.225. The standard InChI is InChI=1S/C34H28N4O3S/c1-3-41-33(40)30-23(2)35-34-38(28(30)20-19-24-13-7-4-8-14-24)32(39)29(42-34)21-26-22-37(27-17-11-6-12-18-27)36-31(26)25-15-9-5-10-16-25/h4-22,28H,3H2,1-2H3/b20-19+,29-21-. The van der Waals surface area contributed by atoms with E-state index in [4.69, 9.17) is 9.84 Å². The maximum absolute atomic E-state index is 14.0. The second-order valence-corrected chi connectivity index (χ2v) is 10.7. The number of hydrogen-bond donors (Lipinski definition) is 0. The maximum Gasteiger partial charge on any atom is 0.338 e. The Hall–Kier alpha value is -5.08. The highest BCUT2D eigenvalue weighted by atomic mass is 32.1. The summed E-state index contributed by atoms with van der Waals surface area (Å²) in [4.78, 5) is 32.3. The van der Waals surface area contributed by atoms with Crippen LogP contribution in [0.25, 0.3) is 29.1 Å². The van der Waals surface area contributed by atoms with Crippen LogP contribution in [0.3, 0.4) is 0 Å². The second-order valence-electron chi connectivity index (χ2n) is 9.69. The maximum atomic E-state index is 14.0. The van der Waals surface area contributed by atoms with Crippen molar-refractivity contribution in [1.82, 2.24) is 14.3 Å². The number of rotatable bonds is 7. The summed E-state index contributed by atoms with van der Waals surface area (Å²) in [7, 11) is 0. The lowest BCUT2D eigenvalue weighted by molar-refractivity contribution is -0.139. The molecule has 1 unspecified atom stereocenters. The number of ether oxygens (including phenoxy) is 1. The van der Waals surface area contributed by atoms with E-state index in [0.717, 1.165) is 28.1 Å². The zero-order chi connectivity index (χ0) is 29.1. The smallest absolute Gasteiger partial charge is 0.338 e. The Bertz CT molecular complexity index is 1990.